The fourth-order valence-corrected chi connectivity index (χ4v) is 2.76. The summed E-state index contributed by atoms with van der Waals surface area (Å²) in [5, 5.41) is 19.6. The number of aromatic nitrogens is 3. The number of anilines is 1. The number of fused-ring (bicyclic) bond motifs is 1. The van der Waals surface area contributed by atoms with Gasteiger partial charge in [0.25, 0.3) is 0 Å². The first-order valence-electron chi connectivity index (χ1n) is 6.62. The number of halogens is 1. The predicted octanol–water partition coefficient (Wildman–Crippen LogP) is -0.0264. The summed E-state index contributed by atoms with van der Waals surface area (Å²) in [5.74, 6) is 2.62. The lowest BCUT2D eigenvalue weighted by Gasteiger charge is -2.25. The quantitative estimate of drug-likeness (QED) is 0.673. The maximum atomic E-state index is 14.9. The molecule has 1 saturated heterocycles. The molecule has 4 N–H and O–H groups in total. The van der Waals surface area contributed by atoms with Gasteiger partial charge in [0.05, 0.1) is 17.6 Å². The Morgan fingerprint density at radius 1 is 1.59 bits per heavy atom. The van der Waals surface area contributed by atoms with Crippen LogP contribution in [-0.2, 0) is 4.74 Å². The molecule has 1 fully saturated rings. The first kappa shape index (κ1) is 14.7. The number of terminal acetylenes is 1. The Labute approximate surface area is 125 Å². The molecule has 3 rings (SSSR count). The second-order valence-corrected chi connectivity index (χ2v) is 5.36. The Kier molecular flexibility index (Phi) is 3.29. The lowest BCUT2D eigenvalue weighted by molar-refractivity contribution is -0.0564. The molecular formula is C14H15FN4O3. The highest BCUT2D eigenvalue weighted by Gasteiger charge is 2.55. The van der Waals surface area contributed by atoms with E-state index in [1.54, 1.807) is 0 Å². The second-order valence-electron chi connectivity index (χ2n) is 5.36. The number of aliphatic hydroxyl groups excluding tert-OH is 2. The standard InChI is InChI=1S/C14H15FN4O3/c1-3-7-4-19(12-9(7)11(16)17-6-18-12)13-14(2,15)10(21)8(5-20)22-13/h1,4,6,8,10,13,20-21H,5H2,2H3,(H2,16,17,18)/t8-,10-,13-,14-/m1/s1. The highest BCUT2D eigenvalue weighted by atomic mass is 19.1. The molecule has 1 aliphatic rings. The van der Waals surface area contributed by atoms with Crippen molar-refractivity contribution in [2.24, 2.45) is 0 Å². The van der Waals surface area contributed by atoms with E-state index >= 15 is 0 Å². The van der Waals surface area contributed by atoms with Crippen molar-refractivity contribution in [1.29, 1.82) is 0 Å². The fraction of sp³-hybridized carbons (Fsp3) is 0.429. The van der Waals surface area contributed by atoms with Gasteiger partial charge < -0.3 is 25.3 Å². The van der Waals surface area contributed by atoms with Crippen molar-refractivity contribution in [3.8, 4) is 12.3 Å². The van der Waals surface area contributed by atoms with Gasteiger partial charge in [-0.1, -0.05) is 5.92 Å². The molecule has 0 aromatic carbocycles. The molecule has 0 spiro atoms. The van der Waals surface area contributed by atoms with Crippen LogP contribution in [0, 0.1) is 12.3 Å². The van der Waals surface area contributed by atoms with E-state index in [0.717, 1.165) is 0 Å². The molecule has 7 nitrogen and oxygen atoms in total. The smallest absolute Gasteiger partial charge is 0.181 e. The van der Waals surface area contributed by atoms with Gasteiger partial charge in [0, 0.05) is 6.20 Å². The molecule has 8 heteroatoms. The van der Waals surface area contributed by atoms with Gasteiger partial charge in [-0.2, -0.15) is 0 Å². The molecule has 3 heterocycles. The van der Waals surface area contributed by atoms with Crippen molar-refractivity contribution in [2.75, 3.05) is 12.3 Å². The van der Waals surface area contributed by atoms with Gasteiger partial charge in [-0.25, -0.2) is 14.4 Å². The van der Waals surface area contributed by atoms with Crippen molar-refractivity contribution >= 4 is 16.9 Å². The Morgan fingerprint density at radius 2 is 2.32 bits per heavy atom. The predicted molar refractivity (Wildman–Crippen MR) is 76.4 cm³/mol. The maximum absolute atomic E-state index is 14.9. The number of nitrogen functional groups attached to an aromatic ring is 1. The van der Waals surface area contributed by atoms with Crippen LogP contribution >= 0.6 is 0 Å². The third-order valence-electron chi connectivity index (χ3n) is 3.94. The SMILES string of the molecule is C#Cc1cn([C@@H]2O[C@H](CO)[C@@H](O)[C@@]2(C)F)c2ncnc(N)c12. The summed E-state index contributed by atoms with van der Waals surface area (Å²) < 4.78 is 21.7. The molecule has 0 radical (unpaired) electrons. The van der Waals surface area contributed by atoms with Crippen molar-refractivity contribution in [3.05, 3.63) is 18.1 Å². The highest BCUT2D eigenvalue weighted by Crippen LogP contribution is 2.43. The van der Waals surface area contributed by atoms with Gasteiger partial charge in [-0.3, -0.25) is 0 Å². The Bertz CT molecular complexity index is 767. The Morgan fingerprint density at radius 3 is 2.91 bits per heavy atom. The summed E-state index contributed by atoms with van der Waals surface area (Å²) in [5.41, 5.74) is 4.38. The van der Waals surface area contributed by atoms with E-state index in [-0.39, 0.29) is 5.82 Å². The summed E-state index contributed by atoms with van der Waals surface area (Å²) in [6.45, 7) is 0.694. The zero-order valence-corrected chi connectivity index (χ0v) is 11.8. The van der Waals surface area contributed by atoms with Crippen molar-refractivity contribution in [2.45, 2.75) is 31.0 Å². The minimum absolute atomic E-state index is 0.175. The highest BCUT2D eigenvalue weighted by molar-refractivity contribution is 5.92. The number of hydrogen-bond donors (Lipinski definition) is 3. The third-order valence-corrected chi connectivity index (χ3v) is 3.94. The molecule has 0 bridgehead atoms. The van der Waals surface area contributed by atoms with Crippen molar-refractivity contribution in [3.63, 3.8) is 0 Å². The summed E-state index contributed by atoms with van der Waals surface area (Å²) in [6.07, 6.45) is 4.45. The topological polar surface area (TPSA) is 106 Å². The summed E-state index contributed by atoms with van der Waals surface area (Å²) in [7, 11) is 0. The molecular weight excluding hydrogens is 291 g/mol. The summed E-state index contributed by atoms with van der Waals surface area (Å²) >= 11 is 0. The number of ether oxygens (including phenoxy) is 1. The maximum Gasteiger partial charge on any atom is 0.181 e. The number of nitrogens with two attached hydrogens (primary N) is 1. The van der Waals surface area contributed by atoms with Crippen LogP contribution < -0.4 is 5.73 Å². The van der Waals surface area contributed by atoms with Crippen LogP contribution in [0.3, 0.4) is 0 Å². The zero-order chi connectivity index (χ0) is 16.1. The average Bonchev–Trinajstić information content (AvgIpc) is 2.97. The van der Waals surface area contributed by atoms with Crippen LogP contribution in [0.15, 0.2) is 12.5 Å². The van der Waals surface area contributed by atoms with E-state index in [1.165, 1.54) is 24.0 Å². The largest absolute Gasteiger partial charge is 0.394 e. The first-order chi connectivity index (χ1) is 10.4. The van der Waals surface area contributed by atoms with Gasteiger partial charge in [-0.15, -0.1) is 6.42 Å². The summed E-state index contributed by atoms with van der Waals surface area (Å²) in [6, 6.07) is 0. The van der Waals surface area contributed by atoms with Crippen LogP contribution in [0.1, 0.15) is 18.7 Å². The molecule has 0 amide bonds. The number of rotatable bonds is 2. The van der Waals surface area contributed by atoms with Gasteiger partial charge >= 0.3 is 0 Å². The van der Waals surface area contributed by atoms with Crippen LogP contribution in [0.5, 0.6) is 0 Å². The van der Waals surface area contributed by atoms with Gasteiger partial charge in [0.1, 0.15) is 30.0 Å². The molecule has 0 aliphatic carbocycles. The number of hydrogen-bond acceptors (Lipinski definition) is 6. The fourth-order valence-electron chi connectivity index (χ4n) is 2.76. The first-order valence-corrected chi connectivity index (χ1v) is 6.62. The van der Waals surface area contributed by atoms with E-state index in [1.807, 2.05) is 0 Å². The monoisotopic (exact) mass is 306 g/mol. The van der Waals surface area contributed by atoms with E-state index in [9.17, 15) is 14.6 Å². The molecule has 0 saturated carbocycles. The number of aliphatic hydroxyl groups is 2. The van der Waals surface area contributed by atoms with Crippen LogP contribution in [0.25, 0.3) is 11.0 Å². The zero-order valence-electron chi connectivity index (χ0n) is 11.8. The molecule has 22 heavy (non-hydrogen) atoms. The van der Waals surface area contributed by atoms with Crippen molar-refractivity contribution < 1.29 is 19.3 Å². The lowest BCUT2D eigenvalue weighted by atomic mass is 9.98. The Balaban J connectivity index is 2.20. The molecule has 1 aliphatic heterocycles. The van der Waals surface area contributed by atoms with Gasteiger partial charge in [0.15, 0.2) is 11.9 Å². The lowest BCUT2D eigenvalue weighted by Crippen LogP contribution is -2.40. The van der Waals surface area contributed by atoms with E-state index in [0.29, 0.717) is 16.6 Å². The summed E-state index contributed by atoms with van der Waals surface area (Å²) in [4.78, 5) is 7.95. The minimum Gasteiger partial charge on any atom is -0.394 e. The van der Waals surface area contributed by atoms with E-state index < -0.39 is 30.7 Å². The molecule has 116 valence electrons. The second kappa shape index (κ2) is 4.91. The Hall–Kier alpha value is -2.21. The number of nitrogens with zero attached hydrogens (tertiary/aromatic N) is 3. The molecule has 2 aromatic heterocycles. The van der Waals surface area contributed by atoms with Gasteiger partial charge in [-0.05, 0) is 6.92 Å². The van der Waals surface area contributed by atoms with Gasteiger partial charge in [0.2, 0.25) is 0 Å². The molecule has 2 aromatic rings. The van der Waals surface area contributed by atoms with E-state index in [4.69, 9.17) is 16.9 Å². The molecule has 0 unspecified atom stereocenters. The van der Waals surface area contributed by atoms with Crippen LogP contribution in [0.2, 0.25) is 0 Å². The van der Waals surface area contributed by atoms with Crippen LogP contribution in [-0.4, -0.2) is 49.2 Å². The average molecular weight is 306 g/mol. The normalized spacial score (nSPS) is 31.5. The minimum atomic E-state index is -2.13. The molecule has 4 atom stereocenters. The van der Waals surface area contributed by atoms with Crippen LogP contribution in [0.4, 0.5) is 10.2 Å². The third kappa shape index (κ3) is 1.87. The van der Waals surface area contributed by atoms with E-state index in [2.05, 4.69) is 15.9 Å². The van der Waals surface area contributed by atoms with Crippen molar-refractivity contribution in [1.82, 2.24) is 14.5 Å². The number of alkyl halides is 1.